The lowest BCUT2D eigenvalue weighted by Gasteiger charge is -2.20. The highest BCUT2D eigenvalue weighted by molar-refractivity contribution is 6.45. The molecule has 2 aromatic carbocycles. The van der Waals surface area contributed by atoms with Crippen molar-refractivity contribution in [3.8, 4) is 11.5 Å². The molecule has 1 N–H and O–H groups in total. The molecule has 1 heterocycles. The summed E-state index contributed by atoms with van der Waals surface area (Å²) in [6, 6.07) is 13.7. The number of anilines is 1. The third-order valence-electron chi connectivity index (χ3n) is 4.58. The molecule has 0 atom stereocenters. The number of aliphatic hydroxyl groups is 1. The molecule has 7 nitrogen and oxygen atoms in total. The highest BCUT2D eigenvalue weighted by Crippen LogP contribution is 2.38. The Labute approximate surface area is 163 Å². The average molecular weight is 382 g/mol. The zero-order chi connectivity index (χ0) is 20.3. The Kier molecular flexibility index (Phi) is 5.65. The maximum atomic E-state index is 13.3. The van der Waals surface area contributed by atoms with Crippen molar-refractivity contribution in [2.24, 2.45) is 0 Å². The molecule has 28 heavy (non-hydrogen) atoms. The summed E-state index contributed by atoms with van der Waals surface area (Å²) < 4.78 is 10.5. The van der Waals surface area contributed by atoms with E-state index in [0.717, 1.165) is 4.90 Å². The summed E-state index contributed by atoms with van der Waals surface area (Å²) in [5.74, 6) is 0.218. The second-order valence-electron chi connectivity index (χ2n) is 6.21. The Bertz CT molecular complexity index is 921. The van der Waals surface area contributed by atoms with Gasteiger partial charge in [-0.2, -0.15) is 0 Å². The number of hydrogen-bond acceptors (Lipinski definition) is 6. The highest BCUT2D eigenvalue weighted by Gasteiger charge is 2.42. The quantitative estimate of drug-likeness (QED) is 0.737. The van der Waals surface area contributed by atoms with Crippen molar-refractivity contribution >= 4 is 23.1 Å². The number of hydrogen-bond donors (Lipinski definition) is 1. The summed E-state index contributed by atoms with van der Waals surface area (Å²) in [7, 11) is 4.73. The van der Waals surface area contributed by atoms with Crippen LogP contribution >= 0.6 is 0 Å². The number of nitrogens with zero attached hydrogens (tertiary/aromatic N) is 2. The Morgan fingerprint density at radius 2 is 1.64 bits per heavy atom. The van der Waals surface area contributed by atoms with Crippen LogP contribution in [-0.2, 0) is 9.59 Å². The molecule has 0 aliphatic carbocycles. The van der Waals surface area contributed by atoms with Gasteiger partial charge in [0.2, 0.25) is 0 Å². The maximum Gasteiger partial charge on any atom is 0.282 e. The first-order valence-electron chi connectivity index (χ1n) is 8.76. The molecule has 0 radical (unpaired) electrons. The van der Waals surface area contributed by atoms with Crippen molar-refractivity contribution in [3.05, 3.63) is 59.8 Å². The van der Waals surface area contributed by atoms with Crippen LogP contribution in [0.25, 0.3) is 5.57 Å². The van der Waals surface area contributed by atoms with Gasteiger partial charge in [0.1, 0.15) is 17.2 Å². The standard InChI is InChI=1S/C21H22N2O5/c1-22(12-13-24)19-18(16-6-4-5-7-17(16)28-3)20(25)23(21(19)26)14-8-10-15(27-2)11-9-14/h4-11,24H,12-13H2,1-3H3. The monoisotopic (exact) mass is 382 g/mol. The van der Waals surface area contributed by atoms with Gasteiger partial charge >= 0.3 is 0 Å². The largest absolute Gasteiger partial charge is 0.497 e. The minimum atomic E-state index is -0.452. The van der Waals surface area contributed by atoms with Crippen molar-refractivity contribution in [2.45, 2.75) is 0 Å². The SMILES string of the molecule is COc1ccc(N2C(=O)C(c3ccccc3OC)=C(N(C)CCO)C2=O)cc1. The van der Waals surface area contributed by atoms with E-state index < -0.39 is 11.8 Å². The number of para-hydroxylation sites is 1. The number of likely N-dealkylation sites (N-methyl/N-ethyl adjacent to an activating group) is 1. The number of methoxy groups -OCH3 is 2. The zero-order valence-electron chi connectivity index (χ0n) is 16.0. The maximum absolute atomic E-state index is 13.3. The van der Waals surface area contributed by atoms with E-state index in [1.807, 2.05) is 0 Å². The molecule has 1 aliphatic rings. The summed E-state index contributed by atoms with van der Waals surface area (Å²) in [5, 5.41) is 9.33. The molecule has 0 saturated heterocycles. The first-order chi connectivity index (χ1) is 13.5. The van der Waals surface area contributed by atoms with Gasteiger partial charge in [0.15, 0.2) is 0 Å². The Hall–Kier alpha value is -3.32. The van der Waals surface area contributed by atoms with Gasteiger partial charge < -0.3 is 19.5 Å². The molecule has 0 bridgehead atoms. The number of carbonyl (C=O) groups is 2. The second kappa shape index (κ2) is 8.14. The molecule has 0 aromatic heterocycles. The van der Waals surface area contributed by atoms with E-state index in [1.54, 1.807) is 67.6 Å². The number of aliphatic hydroxyl groups excluding tert-OH is 1. The smallest absolute Gasteiger partial charge is 0.282 e. The van der Waals surface area contributed by atoms with Crippen LogP contribution in [0.2, 0.25) is 0 Å². The van der Waals surface area contributed by atoms with E-state index in [9.17, 15) is 14.7 Å². The highest BCUT2D eigenvalue weighted by atomic mass is 16.5. The molecule has 0 fully saturated rings. The van der Waals surface area contributed by atoms with Gasteiger partial charge in [-0.15, -0.1) is 0 Å². The number of carbonyl (C=O) groups excluding carboxylic acids is 2. The Balaban J connectivity index is 2.13. The summed E-state index contributed by atoms with van der Waals surface area (Å²) in [4.78, 5) is 29.3. The molecule has 2 amide bonds. The summed E-state index contributed by atoms with van der Waals surface area (Å²) in [6.45, 7) is 0.0622. The fourth-order valence-corrected chi connectivity index (χ4v) is 3.19. The number of benzene rings is 2. The van der Waals surface area contributed by atoms with Crippen LogP contribution in [0.15, 0.2) is 54.2 Å². The fraction of sp³-hybridized carbons (Fsp3) is 0.238. The lowest BCUT2D eigenvalue weighted by atomic mass is 10.0. The third-order valence-corrected chi connectivity index (χ3v) is 4.58. The van der Waals surface area contributed by atoms with Gasteiger partial charge in [0, 0.05) is 19.2 Å². The molecule has 146 valence electrons. The van der Waals surface area contributed by atoms with Crippen molar-refractivity contribution in [1.82, 2.24) is 4.90 Å². The van der Waals surface area contributed by atoms with Crippen LogP contribution in [0.1, 0.15) is 5.56 Å². The van der Waals surface area contributed by atoms with Crippen LogP contribution in [0.5, 0.6) is 11.5 Å². The third kappa shape index (κ3) is 3.32. The Morgan fingerprint density at radius 3 is 2.25 bits per heavy atom. The zero-order valence-corrected chi connectivity index (χ0v) is 16.0. The van der Waals surface area contributed by atoms with Gasteiger partial charge in [-0.3, -0.25) is 9.59 Å². The van der Waals surface area contributed by atoms with E-state index in [1.165, 1.54) is 7.11 Å². The lowest BCUT2D eigenvalue weighted by molar-refractivity contribution is -0.120. The van der Waals surface area contributed by atoms with Gasteiger partial charge in [0.05, 0.1) is 32.1 Å². The number of imide groups is 1. The summed E-state index contributed by atoms with van der Waals surface area (Å²) in [6.07, 6.45) is 0. The van der Waals surface area contributed by atoms with Crippen molar-refractivity contribution in [2.75, 3.05) is 39.3 Å². The first-order valence-corrected chi connectivity index (χ1v) is 8.76. The topological polar surface area (TPSA) is 79.3 Å². The predicted octanol–water partition coefficient (Wildman–Crippen LogP) is 1.91. The number of rotatable bonds is 7. The molecule has 2 aromatic rings. The van der Waals surface area contributed by atoms with Crippen molar-refractivity contribution in [3.63, 3.8) is 0 Å². The Morgan fingerprint density at radius 1 is 0.964 bits per heavy atom. The van der Waals surface area contributed by atoms with Crippen LogP contribution in [-0.4, -0.2) is 56.2 Å². The molecule has 3 rings (SSSR count). The van der Waals surface area contributed by atoms with E-state index >= 15 is 0 Å². The second-order valence-corrected chi connectivity index (χ2v) is 6.21. The van der Waals surface area contributed by atoms with Crippen LogP contribution < -0.4 is 14.4 Å². The van der Waals surface area contributed by atoms with Gasteiger partial charge in [-0.1, -0.05) is 18.2 Å². The van der Waals surface area contributed by atoms with E-state index in [0.29, 0.717) is 22.7 Å². The minimum Gasteiger partial charge on any atom is -0.497 e. The van der Waals surface area contributed by atoms with Crippen LogP contribution in [0, 0.1) is 0 Å². The molecule has 0 saturated carbocycles. The van der Waals surface area contributed by atoms with Gasteiger partial charge in [-0.25, -0.2) is 4.90 Å². The molecule has 1 aliphatic heterocycles. The molecular formula is C21H22N2O5. The van der Waals surface area contributed by atoms with E-state index in [4.69, 9.17) is 9.47 Å². The van der Waals surface area contributed by atoms with Crippen LogP contribution in [0.3, 0.4) is 0 Å². The van der Waals surface area contributed by atoms with E-state index in [-0.39, 0.29) is 24.4 Å². The van der Waals surface area contributed by atoms with Gasteiger partial charge in [-0.05, 0) is 30.3 Å². The van der Waals surface area contributed by atoms with Crippen molar-refractivity contribution < 1.29 is 24.2 Å². The minimum absolute atomic E-state index is 0.150. The summed E-state index contributed by atoms with van der Waals surface area (Å²) >= 11 is 0. The van der Waals surface area contributed by atoms with E-state index in [2.05, 4.69) is 0 Å². The lowest BCUT2D eigenvalue weighted by Crippen LogP contribution is -2.34. The molecule has 0 spiro atoms. The molecule has 7 heteroatoms. The van der Waals surface area contributed by atoms with Crippen LogP contribution in [0.4, 0.5) is 5.69 Å². The van der Waals surface area contributed by atoms with Gasteiger partial charge in [0.25, 0.3) is 11.8 Å². The average Bonchev–Trinajstić information content (AvgIpc) is 2.98. The summed E-state index contributed by atoms with van der Waals surface area (Å²) in [5.41, 5.74) is 1.43. The fourth-order valence-electron chi connectivity index (χ4n) is 3.19. The molecule has 0 unspecified atom stereocenters. The predicted molar refractivity (Wildman–Crippen MR) is 105 cm³/mol. The number of ether oxygens (including phenoxy) is 2. The number of amides is 2. The normalized spacial score (nSPS) is 13.9. The van der Waals surface area contributed by atoms with Crippen molar-refractivity contribution in [1.29, 1.82) is 0 Å². The molecular weight excluding hydrogens is 360 g/mol. The first kappa shape index (κ1) is 19.4.